The van der Waals surface area contributed by atoms with E-state index >= 15 is 0 Å². The standard InChI is InChI=1S/C22H20FN3/c23-20-3-1-2-16(12-20)14-26-15-19(6-9-24)21-5-4-18(13-22(21)26)17-7-10-25-11-8-17/h1-5,7-8,10-13,15H,6,9,14,24H2. The van der Waals surface area contributed by atoms with E-state index < -0.39 is 0 Å². The summed E-state index contributed by atoms with van der Waals surface area (Å²) in [6, 6.07) is 17.2. The van der Waals surface area contributed by atoms with Gasteiger partial charge < -0.3 is 10.3 Å². The molecule has 0 saturated carbocycles. The van der Waals surface area contributed by atoms with Crippen molar-refractivity contribution >= 4 is 10.9 Å². The number of hydrogen-bond acceptors (Lipinski definition) is 2. The third kappa shape index (κ3) is 3.24. The van der Waals surface area contributed by atoms with Gasteiger partial charge in [-0.05, 0) is 65.6 Å². The molecule has 0 saturated heterocycles. The van der Waals surface area contributed by atoms with Crippen LogP contribution < -0.4 is 5.73 Å². The fraction of sp³-hybridized carbons (Fsp3) is 0.136. The van der Waals surface area contributed by atoms with Gasteiger partial charge in [-0.1, -0.05) is 24.3 Å². The molecule has 4 heteroatoms. The second-order valence-corrected chi connectivity index (χ2v) is 6.42. The Morgan fingerprint density at radius 1 is 0.962 bits per heavy atom. The minimum atomic E-state index is -0.210. The monoisotopic (exact) mass is 345 g/mol. The Hall–Kier alpha value is -2.98. The summed E-state index contributed by atoms with van der Waals surface area (Å²) < 4.78 is 15.7. The molecule has 0 aliphatic carbocycles. The Morgan fingerprint density at radius 2 is 1.81 bits per heavy atom. The highest BCUT2D eigenvalue weighted by Crippen LogP contribution is 2.28. The molecule has 0 aliphatic rings. The number of nitrogens with zero attached hydrogens (tertiary/aromatic N) is 2. The lowest BCUT2D eigenvalue weighted by molar-refractivity contribution is 0.624. The molecule has 3 nitrogen and oxygen atoms in total. The summed E-state index contributed by atoms with van der Waals surface area (Å²) in [5.74, 6) is -0.210. The van der Waals surface area contributed by atoms with Crippen LogP contribution in [0.15, 0.2) is 73.2 Å². The molecule has 26 heavy (non-hydrogen) atoms. The molecule has 2 aromatic carbocycles. The summed E-state index contributed by atoms with van der Waals surface area (Å²) in [6.45, 7) is 1.23. The largest absolute Gasteiger partial charge is 0.343 e. The zero-order valence-corrected chi connectivity index (χ0v) is 14.4. The molecule has 0 amide bonds. The SMILES string of the molecule is NCCc1cn(Cc2cccc(F)c2)c2cc(-c3ccncc3)ccc12. The summed E-state index contributed by atoms with van der Waals surface area (Å²) in [4.78, 5) is 4.09. The Kier molecular flexibility index (Phi) is 4.50. The number of fused-ring (bicyclic) bond motifs is 1. The van der Waals surface area contributed by atoms with Crippen LogP contribution in [0.1, 0.15) is 11.1 Å². The number of aromatic nitrogens is 2. The van der Waals surface area contributed by atoms with Gasteiger partial charge in [0.2, 0.25) is 0 Å². The second-order valence-electron chi connectivity index (χ2n) is 6.42. The molecule has 2 aromatic heterocycles. The highest BCUT2D eigenvalue weighted by Gasteiger charge is 2.10. The van der Waals surface area contributed by atoms with Crippen molar-refractivity contribution in [2.45, 2.75) is 13.0 Å². The minimum Gasteiger partial charge on any atom is -0.343 e. The molecule has 2 N–H and O–H groups in total. The predicted octanol–water partition coefficient (Wildman–Crippen LogP) is 4.39. The van der Waals surface area contributed by atoms with Gasteiger partial charge in [-0.15, -0.1) is 0 Å². The number of benzene rings is 2. The first kappa shape index (κ1) is 16.5. The van der Waals surface area contributed by atoms with E-state index in [2.05, 4.69) is 33.9 Å². The summed E-state index contributed by atoms with van der Waals surface area (Å²) in [6.07, 6.45) is 6.55. The summed E-state index contributed by atoms with van der Waals surface area (Å²) in [7, 11) is 0. The van der Waals surface area contributed by atoms with Crippen LogP contribution in [0.5, 0.6) is 0 Å². The number of rotatable bonds is 5. The molecule has 0 spiro atoms. The molecule has 0 atom stereocenters. The fourth-order valence-electron chi connectivity index (χ4n) is 3.41. The normalized spacial score (nSPS) is 11.2. The maximum atomic E-state index is 13.6. The minimum absolute atomic E-state index is 0.210. The number of pyridine rings is 1. The molecule has 4 aromatic rings. The summed E-state index contributed by atoms with van der Waals surface area (Å²) in [5, 5.41) is 1.20. The molecule has 130 valence electrons. The van der Waals surface area contributed by atoms with Gasteiger partial charge in [0.05, 0.1) is 0 Å². The zero-order valence-electron chi connectivity index (χ0n) is 14.4. The van der Waals surface area contributed by atoms with Crippen molar-refractivity contribution in [2.24, 2.45) is 5.73 Å². The van der Waals surface area contributed by atoms with E-state index in [1.807, 2.05) is 18.2 Å². The van der Waals surface area contributed by atoms with Gasteiger partial charge in [-0.3, -0.25) is 4.98 Å². The summed E-state index contributed by atoms with van der Waals surface area (Å²) in [5.41, 5.74) is 11.3. The molecule has 4 rings (SSSR count). The van der Waals surface area contributed by atoms with Crippen LogP contribution in [0.4, 0.5) is 4.39 Å². The van der Waals surface area contributed by atoms with Gasteiger partial charge in [0.15, 0.2) is 0 Å². The van der Waals surface area contributed by atoms with E-state index in [1.54, 1.807) is 24.5 Å². The van der Waals surface area contributed by atoms with Crippen LogP contribution >= 0.6 is 0 Å². The maximum absolute atomic E-state index is 13.6. The van der Waals surface area contributed by atoms with Gasteiger partial charge in [-0.2, -0.15) is 0 Å². The average Bonchev–Trinajstić information content (AvgIpc) is 3.00. The number of hydrogen-bond donors (Lipinski definition) is 1. The van der Waals surface area contributed by atoms with Crippen molar-refractivity contribution in [1.29, 1.82) is 0 Å². The van der Waals surface area contributed by atoms with Crippen LogP contribution in [0, 0.1) is 5.82 Å². The van der Waals surface area contributed by atoms with Gasteiger partial charge in [0, 0.05) is 36.0 Å². The lowest BCUT2D eigenvalue weighted by atomic mass is 10.0. The van der Waals surface area contributed by atoms with E-state index in [4.69, 9.17) is 5.73 Å². The van der Waals surface area contributed by atoms with Crippen molar-refractivity contribution in [1.82, 2.24) is 9.55 Å². The molecule has 0 bridgehead atoms. The van der Waals surface area contributed by atoms with Crippen molar-refractivity contribution in [3.63, 3.8) is 0 Å². The second kappa shape index (κ2) is 7.10. The molecule has 0 unspecified atom stereocenters. The number of nitrogens with two attached hydrogens (primary N) is 1. The van der Waals surface area contributed by atoms with E-state index in [9.17, 15) is 4.39 Å². The maximum Gasteiger partial charge on any atom is 0.123 e. The third-order valence-corrected chi connectivity index (χ3v) is 4.63. The predicted molar refractivity (Wildman–Crippen MR) is 103 cm³/mol. The molecular formula is C22H20FN3. The average molecular weight is 345 g/mol. The molecule has 0 aliphatic heterocycles. The summed E-state index contributed by atoms with van der Waals surface area (Å²) >= 11 is 0. The smallest absolute Gasteiger partial charge is 0.123 e. The van der Waals surface area contributed by atoms with E-state index in [1.165, 1.54) is 17.0 Å². The van der Waals surface area contributed by atoms with Crippen LogP contribution in [-0.4, -0.2) is 16.1 Å². The molecular weight excluding hydrogens is 325 g/mol. The van der Waals surface area contributed by atoms with E-state index in [-0.39, 0.29) is 5.82 Å². The zero-order chi connectivity index (χ0) is 17.9. The first-order chi connectivity index (χ1) is 12.7. The highest BCUT2D eigenvalue weighted by molar-refractivity contribution is 5.88. The van der Waals surface area contributed by atoms with Crippen molar-refractivity contribution in [3.8, 4) is 11.1 Å². The van der Waals surface area contributed by atoms with Gasteiger partial charge in [-0.25, -0.2) is 4.39 Å². The topological polar surface area (TPSA) is 43.8 Å². The van der Waals surface area contributed by atoms with E-state index in [0.29, 0.717) is 13.1 Å². The fourth-order valence-corrected chi connectivity index (χ4v) is 3.41. The molecule has 0 radical (unpaired) electrons. The van der Waals surface area contributed by atoms with Gasteiger partial charge in [0.1, 0.15) is 5.82 Å². The third-order valence-electron chi connectivity index (χ3n) is 4.63. The van der Waals surface area contributed by atoms with Gasteiger partial charge in [0.25, 0.3) is 0 Å². The Balaban J connectivity index is 1.82. The van der Waals surface area contributed by atoms with Crippen LogP contribution in [0.2, 0.25) is 0 Å². The molecule has 2 heterocycles. The van der Waals surface area contributed by atoms with Crippen molar-refractivity contribution < 1.29 is 4.39 Å². The van der Waals surface area contributed by atoms with Gasteiger partial charge >= 0.3 is 0 Å². The van der Waals surface area contributed by atoms with Crippen LogP contribution in [0.25, 0.3) is 22.0 Å². The Bertz CT molecular complexity index is 1040. The first-order valence-electron chi connectivity index (χ1n) is 8.71. The van der Waals surface area contributed by atoms with E-state index in [0.717, 1.165) is 28.6 Å². The lowest BCUT2D eigenvalue weighted by Crippen LogP contribution is -2.02. The quantitative estimate of drug-likeness (QED) is 0.583. The van der Waals surface area contributed by atoms with Crippen molar-refractivity contribution in [3.05, 3.63) is 90.1 Å². The van der Waals surface area contributed by atoms with Crippen LogP contribution in [0.3, 0.4) is 0 Å². The molecule has 0 fully saturated rings. The Labute approximate surface area is 151 Å². The number of halogens is 1. The Morgan fingerprint density at radius 3 is 2.58 bits per heavy atom. The van der Waals surface area contributed by atoms with Crippen molar-refractivity contribution in [2.75, 3.05) is 6.54 Å². The lowest BCUT2D eigenvalue weighted by Gasteiger charge is -2.08. The first-order valence-corrected chi connectivity index (χ1v) is 8.71. The van der Waals surface area contributed by atoms with Crippen LogP contribution in [-0.2, 0) is 13.0 Å². The highest BCUT2D eigenvalue weighted by atomic mass is 19.1.